The molecule has 2 amide bonds. The number of nitrogens with two attached hydrogens (primary N) is 1. The molecule has 0 bridgehead atoms. The van der Waals surface area contributed by atoms with E-state index in [4.69, 9.17) is 5.73 Å². The predicted molar refractivity (Wildman–Crippen MR) is 102 cm³/mol. The molecule has 0 aliphatic carbocycles. The minimum Gasteiger partial charge on any atom is -0.369 e. The van der Waals surface area contributed by atoms with Crippen LogP contribution in [0.3, 0.4) is 0 Å². The highest BCUT2D eigenvalue weighted by Gasteiger charge is 2.40. The summed E-state index contributed by atoms with van der Waals surface area (Å²) in [6.07, 6.45) is 3.17. The summed E-state index contributed by atoms with van der Waals surface area (Å²) in [4.78, 5) is 26.6. The highest BCUT2D eigenvalue weighted by atomic mass is 16.2. The average molecular weight is 350 g/mol. The highest BCUT2D eigenvalue weighted by molar-refractivity contribution is 5.82. The number of rotatable bonds is 6. The van der Waals surface area contributed by atoms with E-state index in [0.717, 1.165) is 12.0 Å². The molecule has 4 heteroatoms. The Labute approximate surface area is 155 Å². The van der Waals surface area contributed by atoms with Crippen LogP contribution in [0.2, 0.25) is 0 Å². The van der Waals surface area contributed by atoms with Gasteiger partial charge in [0.05, 0.1) is 5.41 Å². The first-order valence-corrected chi connectivity index (χ1v) is 9.25. The summed E-state index contributed by atoms with van der Waals surface area (Å²) in [5.74, 6) is -0.0932. The fraction of sp³-hybridized carbons (Fsp3) is 0.364. The van der Waals surface area contributed by atoms with E-state index < -0.39 is 5.41 Å². The molecule has 0 unspecified atom stereocenters. The van der Waals surface area contributed by atoms with Crippen molar-refractivity contribution in [1.29, 1.82) is 0 Å². The second-order valence-corrected chi connectivity index (χ2v) is 7.17. The van der Waals surface area contributed by atoms with E-state index in [-0.39, 0.29) is 11.8 Å². The normalized spacial score (nSPS) is 16.2. The van der Waals surface area contributed by atoms with Gasteiger partial charge in [-0.3, -0.25) is 9.59 Å². The molecule has 0 spiro atoms. The van der Waals surface area contributed by atoms with Crippen molar-refractivity contribution < 1.29 is 9.59 Å². The third-order valence-electron chi connectivity index (χ3n) is 5.45. The molecule has 0 saturated carbocycles. The molecule has 1 fully saturated rings. The smallest absolute Gasteiger partial charge is 0.224 e. The molecule has 3 rings (SSSR count). The Morgan fingerprint density at radius 1 is 0.885 bits per heavy atom. The van der Waals surface area contributed by atoms with Crippen LogP contribution in [-0.2, 0) is 22.4 Å². The Balaban J connectivity index is 1.57. The zero-order chi connectivity index (χ0) is 18.4. The van der Waals surface area contributed by atoms with E-state index in [1.54, 1.807) is 0 Å². The molecule has 1 saturated heterocycles. The first kappa shape index (κ1) is 18.2. The maximum Gasteiger partial charge on any atom is 0.224 e. The van der Waals surface area contributed by atoms with E-state index in [1.807, 2.05) is 65.6 Å². The Bertz CT molecular complexity index is 735. The van der Waals surface area contributed by atoms with Crippen LogP contribution in [0.25, 0.3) is 0 Å². The maximum absolute atomic E-state index is 12.5. The van der Waals surface area contributed by atoms with Gasteiger partial charge in [0, 0.05) is 19.5 Å². The molecule has 26 heavy (non-hydrogen) atoms. The lowest BCUT2D eigenvalue weighted by Crippen LogP contribution is -2.49. The number of carbonyl (C=O) groups is 2. The van der Waals surface area contributed by atoms with Crippen LogP contribution in [-0.4, -0.2) is 29.8 Å². The third-order valence-corrected chi connectivity index (χ3v) is 5.45. The molecule has 136 valence electrons. The van der Waals surface area contributed by atoms with Gasteiger partial charge in [-0.05, 0) is 36.8 Å². The number of hydrogen-bond donors (Lipinski definition) is 1. The lowest BCUT2D eigenvalue weighted by Gasteiger charge is -2.40. The third kappa shape index (κ3) is 4.31. The molecular formula is C22H26N2O2. The first-order valence-electron chi connectivity index (χ1n) is 9.25. The summed E-state index contributed by atoms with van der Waals surface area (Å²) in [7, 11) is 0. The summed E-state index contributed by atoms with van der Waals surface area (Å²) in [5, 5.41) is 0. The molecule has 4 nitrogen and oxygen atoms in total. The van der Waals surface area contributed by atoms with Gasteiger partial charge in [0.25, 0.3) is 0 Å². The maximum atomic E-state index is 12.5. The molecule has 2 aromatic rings. The minimum atomic E-state index is -0.544. The van der Waals surface area contributed by atoms with Crippen LogP contribution in [0.1, 0.15) is 30.4 Å². The fourth-order valence-corrected chi connectivity index (χ4v) is 3.74. The quantitative estimate of drug-likeness (QED) is 0.870. The Morgan fingerprint density at radius 3 is 1.96 bits per heavy atom. The van der Waals surface area contributed by atoms with Crippen molar-refractivity contribution >= 4 is 11.8 Å². The zero-order valence-corrected chi connectivity index (χ0v) is 15.1. The number of likely N-dealkylation sites (tertiary alicyclic amines) is 1. The summed E-state index contributed by atoms with van der Waals surface area (Å²) < 4.78 is 0. The highest BCUT2D eigenvalue weighted by Crippen LogP contribution is 2.35. The van der Waals surface area contributed by atoms with Gasteiger partial charge in [-0.1, -0.05) is 60.7 Å². The number of benzene rings is 2. The van der Waals surface area contributed by atoms with E-state index in [9.17, 15) is 9.59 Å². The zero-order valence-electron chi connectivity index (χ0n) is 15.1. The molecule has 1 heterocycles. The largest absolute Gasteiger partial charge is 0.369 e. The molecule has 0 atom stereocenters. The van der Waals surface area contributed by atoms with E-state index >= 15 is 0 Å². The minimum absolute atomic E-state index is 0.159. The van der Waals surface area contributed by atoms with Crippen LogP contribution in [0.15, 0.2) is 60.7 Å². The number of primary amides is 1. The van der Waals surface area contributed by atoms with Crippen molar-refractivity contribution in [2.24, 2.45) is 11.1 Å². The van der Waals surface area contributed by atoms with Crippen molar-refractivity contribution in [3.8, 4) is 0 Å². The lowest BCUT2D eigenvalue weighted by atomic mass is 9.73. The predicted octanol–water partition coefficient (Wildman–Crippen LogP) is 2.96. The van der Waals surface area contributed by atoms with Gasteiger partial charge < -0.3 is 10.6 Å². The molecule has 2 aromatic carbocycles. The monoisotopic (exact) mass is 350 g/mol. The Kier molecular flexibility index (Phi) is 5.71. The molecule has 0 aromatic heterocycles. The van der Waals surface area contributed by atoms with Gasteiger partial charge in [0.15, 0.2) is 0 Å². The molecule has 1 aliphatic heterocycles. The van der Waals surface area contributed by atoms with Crippen LogP contribution >= 0.6 is 0 Å². The molecular weight excluding hydrogens is 324 g/mol. The lowest BCUT2D eigenvalue weighted by molar-refractivity contribution is -0.138. The summed E-state index contributed by atoms with van der Waals surface area (Å²) in [6.45, 7) is 1.20. The SMILES string of the molecule is NC(=O)C1(Cc2ccccc2)CCN(C(=O)CCc2ccccc2)CC1. The van der Waals surface area contributed by atoms with E-state index in [2.05, 4.69) is 0 Å². The first-order chi connectivity index (χ1) is 12.6. The average Bonchev–Trinajstić information content (AvgIpc) is 2.68. The number of piperidine rings is 1. The second kappa shape index (κ2) is 8.17. The number of hydrogen-bond acceptors (Lipinski definition) is 2. The van der Waals surface area contributed by atoms with Crippen molar-refractivity contribution in [2.75, 3.05) is 13.1 Å². The van der Waals surface area contributed by atoms with Crippen molar-refractivity contribution in [3.05, 3.63) is 71.8 Å². The summed E-state index contributed by atoms with van der Waals surface area (Å²) in [5.41, 5.74) is 7.51. The van der Waals surface area contributed by atoms with Crippen molar-refractivity contribution in [3.63, 3.8) is 0 Å². The van der Waals surface area contributed by atoms with Crippen molar-refractivity contribution in [2.45, 2.75) is 32.1 Å². The van der Waals surface area contributed by atoms with E-state index in [1.165, 1.54) is 5.56 Å². The van der Waals surface area contributed by atoms with Crippen LogP contribution in [0.4, 0.5) is 0 Å². The second-order valence-electron chi connectivity index (χ2n) is 7.17. The molecule has 1 aliphatic rings. The van der Waals surface area contributed by atoms with Gasteiger partial charge >= 0.3 is 0 Å². The van der Waals surface area contributed by atoms with Crippen LogP contribution in [0.5, 0.6) is 0 Å². The van der Waals surface area contributed by atoms with Crippen LogP contribution < -0.4 is 5.73 Å². The van der Waals surface area contributed by atoms with Gasteiger partial charge in [-0.2, -0.15) is 0 Å². The molecule has 2 N–H and O–H groups in total. The van der Waals surface area contributed by atoms with Gasteiger partial charge in [0.2, 0.25) is 11.8 Å². The van der Waals surface area contributed by atoms with Gasteiger partial charge in [0.1, 0.15) is 0 Å². The standard InChI is InChI=1S/C22H26N2O2/c23-21(26)22(17-19-9-5-2-6-10-19)13-15-24(16-14-22)20(25)12-11-18-7-3-1-4-8-18/h1-10H,11-17H2,(H2,23,26). The summed E-state index contributed by atoms with van der Waals surface area (Å²) >= 11 is 0. The number of carbonyl (C=O) groups excluding carboxylic acids is 2. The Morgan fingerprint density at radius 2 is 1.42 bits per heavy atom. The fourth-order valence-electron chi connectivity index (χ4n) is 3.74. The molecule has 0 radical (unpaired) electrons. The van der Waals surface area contributed by atoms with Crippen molar-refractivity contribution in [1.82, 2.24) is 4.90 Å². The van der Waals surface area contributed by atoms with E-state index in [0.29, 0.717) is 38.8 Å². The summed E-state index contributed by atoms with van der Waals surface area (Å²) in [6, 6.07) is 20.0. The number of nitrogens with zero attached hydrogens (tertiary/aromatic N) is 1. The van der Waals surface area contributed by atoms with Gasteiger partial charge in [-0.25, -0.2) is 0 Å². The topological polar surface area (TPSA) is 63.4 Å². The Hall–Kier alpha value is -2.62. The van der Waals surface area contributed by atoms with Crippen LogP contribution in [0, 0.1) is 5.41 Å². The number of amides is 2. The van der Waals surface area contributed by atoms with Gasteiger partial charge in [-0.15, -0.1) is 0 Å². The number of aryl methyl sites for hydroxylation is 1.